The average Bonchev–Trinajstić information content (AvgIpc) is 3.41. The SMILES string of the molecule is COC(=O)Nc1nc2c(S(=O)(=O)NC3CCCC3)cc(-c3c(C)noc3C)cc2[nH]1. The molecule has 2 heterocycles. The van der Waals surface area contributed by atoms with Gasteiger partial charge in [-0.05, 0) is 44.4 Å². The Morgan fingerprint density at radius 1 is 1.27 bits per heavy atom. The number of rotatable bonds is 5. The van der Waals surface area contributed by atoms with Crippen molar-refractivity contribution >= 4 is 33.1 Å². The molecule has 0 saturated heterocycles. The molecule has 3 N–H and O–H groups in total. The van der Waals surface area contributed by atoms with Gasteiger partial charge in [-0.15, -0.1) is 0 Å². The van der Waals surface area contributed by atoms with Gasteiger partial charge in [0.05, 0.1) is 18.3 Å². The number of carbonyl (C=O) groups excluding carboxylic acids is 1. The van der Waals surface area contributed by atoms with E-state index >= 15 is 0 Å². The summed E-state index contributed by atoms with van der Waals surface area (Å²) in [6, 6.07) is 3.22. The Morgan fingerprint density at radius 3 is 2.63 bits per heavy atom. The van der Waals surface area contributed by atoms with Crippen LogP contribution in [0, 0.1) is 13.8 Å². The summed E-state index contributed by atoms with van der Waals surface area (Å²) in [5.41, 5.74) is 2.66. The summed E-state index contributed by atoms with van der Waals surface area (Å²) in [4.78, 5) is 18.8. The molecule has 0 aliphatic heterocycles. The van der Waals surface area contributed by atoms with Crippen molar-refractivity contribution < 1.29 is 22.5 Å². The highest BCUT2D eigenvalue weighted by Gasteiger charge is 2.27. The van der Waals surface area contributed by atoms with Crippen molar-refractivity contribution in [3.8, 4) is 11.1 Å². The number of fused-ring (bicyclic) bond motifs is 1. The second kappa shape index (κ2) is 7.73. The molecule has 11 heteroatoms. The third-order valence-corrected chi connectivity index (χ3v) is 6.78. The van der Waals surface area contributed by atoms with Gasteiger partial charge in [-0.25, -0.2) is 22.9 Å². The van der Waals surface area contributed by atoms with Crippen LogP contribution in [0.1, 0.15) is 37.1 Å². The quantitative estimate of drug-likeness (QED) is 0.561. The fraction of sp³-hybridized carbons (Fsp3) is 0.421. The molecule has 160 valence electrons. The average molecular weight is 433 g/mol. The van der Waals surface area contributed by atoms with Gasteiger partial charge < -0.3 is 14.2 Å². The van der Waals surface area contributed by atoms with E-state index in [1.54, 1.807) is 26.0 Å². The van der Waals surface area contributed by atoms with Crippen molar-refractivity contribution in [1.82, 2.24) is 19.8 Å². The number of sulfonamides is 1. The molecule has 30 heavy (non-hydrogen) atoms. The lowest BCUT2D eigenvalue weighted by Gasteiger charge is -2.14. The van der Waals surface area contributed by atoms with Crippen molar-refractivity contribution in [2.75, 3.05) is 12.4 Å². The Bertz CT molecular complexity index is 1190. The number of aromatic nitrogens is 3. The van der Waals surface area contributed by atoms with Crippen LogP contribution in [-0.2, 0) is 14.8 Å². The summed E-state index contributed by atoms with van der Waals surface area (Å²) in [6.07, 6.45) is 2.89. The van der Waals surface area contributed by atoms with E-state index in [4.69, 9.17) is 4.52 Å². The van der Waals surface area contributed by atoms with Crippen molar-refractivity contribution in [3.63, 3.8) is 0 Å². The maximum Gasteiger partial charge on any atom is 0.413 e. The molecule has 0 bridgehead atoms. The highest BCUT2D eigenvalue weighted by atomic mass is 32.2. The lowest BCUT2D eigenvalue weighted by molar-refractivity contribution is 0.186. The molecule has 1 aliphatic rings. The summed E-state index contributed by atoms with van der Waals surface area (Å²) in [5, 5.41) is 6.40. The molecule has 3 aromatic rings. The Morgan fingerprint density at radius 2 is 2.00 bits per heavy atom. The molecule has 10 nitrogen and oxygen atoms in total. The number of nitrogens with zero attached hydrogens (tertiary/aromatic N) is 2. The zero-order valence-corrected chi connectivity index (χ0v) is 17.7. The Labute approximate surface area is 173 Å². The van der Waals surface area contributed by atoms with Crippen LogP contribution in [-0.4, -0.2) is 42.8 Å². The number of amides is 1. The van der Waals surface area contributed by atoms with Crippen molar-refractivity contribution in [2.24, 2.45) is 0 Å². The van der Waals surface area contributed by atoms with E-state index in [1.807, 2.05) is 0 Å². The van der Waals surface area contributed by atoms with Crippen molar-refractivity contribution in [1.29, 1.82) is 0 Å². The van der Waals surface area contributed by atoms with Crippen LogP contribution < -0.4 is 10.0 Å². The van der Waals surface area contributed by atoms with E-state index in [9.17, 15) is 13.2 Å². The van der Waals surface area contributed by atoms with E-state index < -0.39 is 16.1 Å². The molecule has 1 saturated carbocycles. The number of H-pyrrole nitrogens is 1. The highest BCUT2D eigenvalue weighted by molar-refractivity contribution is 7.89. The topological polar surface area (TPSA) is 139 Å². The molecule has 0 atom stereocenters. The van der Waals surface area contributed by atoms with Gasteiger partial charge in [0.15, 0.2) is 0 Å². The minimum absolute atomic E-state index is 0.0241. The first-order valence-electron chi connectivity index (χ1n) is 9.63. The molecule has 1 fully saturated rings. The van der Waals surface area contributed by atoms with Crippen LogP contribution in [0.15, 0.2) is 21.6 Å². The lowest BCUT2D eigenvalue weighted by Crippen LogP contribution is -2.32. The van der Waals surface area contributed by atoms with E-state index in [-0.39, 0.29) is 22.4 Å². The summed E-state index contributed by atoms with van der Waals surface area (Å²) in [7, 11) is -2.63. The van der Waals surface area contributed by atoms with E-state index in [2.05, 4.69) is 29.9 Å². The molecular weight excluding hydrogens is 410 g/mol. The largest absolute Gasteiger partial charge is 0.453 e. The maximum atomic E-state index is 13.3. The van der Waals surface area contributed by atoms with Crippen LogP contribution in [0.5, 0.6) is 0 Å². The number of hydrogen-bond donors (Lipinski definition) is 3. The molecule has 0 unspecified atom stereocenters. The number of ether oxygens (including phenoxy) is 1. The van der Waals surface area contributed by atoms with Gasteiger partial charge in [0.25, 0.3) is 0 Å². The second-order valence-corrected chi connectivity index (χ2v) is 9.06. The number of carbonyl (C=O) groups is 1. The summed E-state index contributed by atoms with van der Waals surface area (Å²) in [5.74, 6) is 0.663. The molecule has 2 aromatic heterocycles. The first-order valence-corrected chi connectivity index (χ1v) is 11.1. The predicted octanol–water partition coefficient (Wildman–Crippen LogP) is 3.23. The fourth-order valence-electron chi connectivity index (χ4n) is 3.86. The standard InChI is InChI=1S/C19H23N5O5S/c1-10-16(11(2)29-23-10)12-8-14-17(21-18(20-14)22-19(25)28-3)15(9-12)30(26,27)24-13-6-4-5-7-13/h8-9,13,24H,4-7H2,1-3H3,(H2,20,21,22,25). The molecule has 0 radical (unpaired) electrons. The molecule has 0 spiro atoms. The zero-order chi connectivity index (χ0) is 21.5. The summed E-state index contributed by atoms with van der Waals surface area (Å²) < 4.78 is 39.2. The van der Waals surface area contributed by atoms with Crippen molar-refractivity contribution in [3.05, 3.63) is 23.6 Å². The number of imidazole rings is 1. The number of nitrogens with one attached hydrogen (secondary N) is 3. The third-order valence-electron chi connectivity index (χ3n) is 5.25. The van der Waals surface area contributed by atoms with Gasteiger partial charge in [0.2, 0.25) is 16.0 Å². The minimum atomic E-state index is -3.86. The Kier molecular flexibility index (Phi) is 5.24. The summed E-state index contributed by atoms with van der Waals surface area (Å²) in [6.45, 7) is 3.56. The van der Waals surface area contributed by atoms with E-state index in [0.29, 0.717) is 28.1 Å². The molecule has 4 rings (SSSR count). The highest BCUT2D eigenvalue weighted by Crippen LogP contribution is 2.34. The lowest BCUT2D eigenvalue weighted by atomic mass is 10.0. The Balaban J connectivity index is 1.87. The van der Waals surface area contributed by atoms with Gasteiger partial charge in [-0.3, -0.25) is 5.32 Å². The van der Waals surface area contributed by atoms with Crippen LogP contribution in [0.25, 0.3) is 22.2 Å². The van der Waals surface area contributed by atoms with Crippen molar-refractivity contribution in [2.45, 2.75) is 50.5 Å². The minimum Gasteiger partial charge on any atom is -0.453 e. The first-order chi connectivity index (χ1) is 14.3. The number of benzene rings is 1. The molecule has 1 amide bonds. The Hall–Kier alpha value is -2.92. The van der Waals surface area contributed by atoms with Gasteiger partial charge in [-0.2, -0.15) is 0 Å². The number of aromatic amines is 1. The van der Waals surface area contributed by atoms with Gasteiger partial charge >= 0.3 is 6.09 Å². The van der Waals surface area contributed by atoms with Crippen LogP contribution in [0.2, 0.25) is 0 Å². The van der Waals surface area contributed by atoms with Gasteiger partial charge in [-0.1, -0.05) is 18.0 Å². The summed E-state index contributed by atoms with van der Waals surface area (Å²) >= 11 is 0. The van der Waals surface area contributed by atoms with Crippen LogP contribution in [0.4, 0.5) is 10.7 Å². The fourth-order valence-corrected chi connectivity index (χ4v) is 5.36. The second-order valence-electron chi connectivity index (χ2n) is 7.37. The first kappa shape index (κ1) is 20.4. The van der Waals surface area contributed by atoms with Gasteiger partial charge in [0, 0.05) is 11.6 Å². The normalized spacial score (nSPS) is 15.0. The number of hydrogen-bond acceptors (Lipinski definition) is 7. The number of aryl methyl sites for hydroxylation is 2. The monoisotopic (exact) mass is 433 g/mol. The number of methoxy groups -OCH3 is 1. The van der Waals surface area contributed by atoms with E-state index in [1.165, 1.54) is 7.11 Å². The zero-order valence-electron chi connectivity index (χ0n) is 16.9. The number of anilines is 1. The van der Waals surface area contributed by atoms with E-state index in [0.717, 1.165) is 25.7 Å². The molecular formula is C19H23N5O5S. The predicted molar refractivity (Wildman–Crippen MR) is 110 cm³/mol. The molecule has 1 aliphatic carbocycles. The smallest absolute Gasteiger partial charge is 0.413 e. The van der Waals surface area contributed by atoms with Gasteiger partial charge in [0.1, 0.15) is 16.2 Å². The van der Waals surface area contributed by atoms with Crippen LogP contribution >= 0.6 is 0 Å². The maximum absolute atomic E-state index is 13.3. The van der Waals surface area contributed by atoms with Crippen LogP contribution in [0.3, 0.4) is 0 Å². The molecule has 1 aromatic carbocycles. The third kappa shape index (κ3) is 3.77.